The summed E-state index contributed by atoms with van der Waals surface area (Å²) < 4.78 is 1.89. The second-order valence-corrected chi connectivity index (χ2v) is 7.71. The second kappa shape index (κ2) is 9.09. The van der Waals surface area contributed by atoms with Gasteiger partial charge in [-0.05, 0) is 49.9 Å². The molecule has 2 aliphatic rings. The summed E-state index contributed by atoms with van der Waals surface area (Å²) in [6.07, 6.45) is 6.29. The first kappa shape index (κ1) is 20.2. The minimum Gasteiger partial charge on any atom is -0.334 e. The van der Waals surface area contributed by atoms with Crippen molar-refractivity contribution in [3.05, 3.63) is 52.8 Å². The van der Waals surface area contributed by atoms with Crippen LogP contribution in [-0.2, 0) is 17.9 Å². The lowest BCUT2D eigenvalue weighted by Gasteiger charge is -2.26. The first-order valence-corrected chi connectivity index (χ1v) is 9.85. The van der Waals surface area contributed by atoms with E-state index in [1.54, 1.807) is 0 Å². The van der Waals surface area contributed by atoms with Crippen molar-refractivity contribution in [2.75, 3.05) is 13.1 Å². The van der Waals surface area contributed by atoms with Crippen LogP contribution < -0.4 is 5.32 Å². The summed E-state index contributed by atoms with van der Waals surface area (Å²) in [6.45, 7) is 2.92. The summed E-state index contributed by atoms with van der Waals surface area (Å²) in [5.74, 6) is 0.568. The quantitative estimate of drug-likeness (QED) is 0.793. The van der Waals surface area contributed by atoms with E-state index in [4.69, 9.17) is 11.6 Å². The number of nitrogens with zero attached hydrogens (tertiary/aromatic N) is 3. The molecule has 1 unspecified atom stereocenters. The normalized spacial score (nSPS) is 19.4. The van der Waals surface area contributed by atoms with Crippen LogP contribution in [-0.4, -0.2) is 39.7 Å². The summed E-state index contributed by atoms with van der Waals surface area (Å²) in [6, 6.07) is 10.2. The van der Waals surface area contributed by atoms with E-state index in [9.17, 15) is 4.79 Å². The maximum Gasteiger partial charge on any atom is 0.244 e. The first-order chi connectivity index (χ1) is 12.7. The highest BCUT2D eigenvalue weighted by molar-refractivity contribution is 6.31. The number of carbonyl (C=O) groups excluding carboxylic acids is 1. The van der Waals surface area contributed by atoms with Crippen LogP contribution in [0.15, 0.2) is 36.5 Å². The Labute approximate surface area is 171 Å². The zero-order valence-electron chi connectivity index (χ0n) is 15.3. The molecule has 0 radical (unpaired) electrons. The van der Waals surface area contributed by atoms with E-state index >= 15 is 0 Å². The molecule has 4 rings (SSSR count). The zero-order chi connectivity index (χ0) is 17.9. The molecule has 1 N–H and O–H groups in total. The highest BCUT2D eigenvalue weighted by atomic mass is 35.5. The van der Waals surface area contributed by atoms with E-state index < -0.39 is 0 Å². The fourth-order valence-electron chi connectivity index (χ4n) is 3.76. The van der Waals surface area contributed by atoms with Gasteiger partial charge in [-0.1, -0.05) is 29.8 Å². The van der Waals surface area contributed by atoms with Crippen LogP contribution in [0.2, 0.25) is 5.02 Å². The molecule has 7 heteroatoms. The number of rotatable bonds is 6. The van der Waals surface area contributed by atoms with Crippen LogP contribution >= 0.6 is 24.0 Å². The van der Waals surface area contributed by atoms with Gasteiger partial charge in [0, 0.05) is 42.0 Å². The van der Waals surface area contributed by atoms with E-state index in [1.165, 1.54) is 12.1 Å². The van der Waals surface area contributed by atoms with Crippen molar-refractivity contribution in [3.8, 4) is 0 Å². The Morgan fingerprint density at radius 2 is 2.07 bits per heavy atom. The Balaban J connectivity index is 0.00000210. The van der Waals surface area contributed by atoms with Crippen LogP contribution in [0.4, 0.5) is 0 Å². The first-order valence-electron chi connectivity index (χ1n) is 9.47. The summed E-state index contributed by atoms with van der Waals surface area (Å²) >= 11 is 6.31. The van der Waals surface area contributed by atoms with E-state index in [-0.39, 0.29) is 18.3 Å². The van der Waals surface area contributed by atoms with Gasteiger partial charge in [-0.25, -0.2) is 0 Å². The molecule has 1 amide bonds. The molecule has 2 aromatic rings. The Kier molecular flexibility index (Phi) is 6.79. The maximum atomic E-state index is 13.0. The molecule has 1 saturated carbocycles. The van der Waals surface area contributed by atoms with Crippen molar-refractivity contribution < 1.29 is 4.79 Å². The minimum absolute atomic E-state index is 0. The summed E-state index contributed by atoms with van der Waals surface area (Å²) in [5.41, 5.74) is 2.17. The van der Waals surface area contributed by atoms with E-state index in [0.29, 0.717) is 25.0 Å². The monoisotopic (exact) mass is 408 g/mol. The van der Waals surface area contributed by atoms with Gasteiger partial charge in [-0.15, -0.1) is 12.4 Å². The third-order valence-electron chi connectivity index (χ3n) is 5.36. The van der Waals surface area contributed by atoms with Gasteiger partial charge in [0.1, 0.15) is 6.54 Å². The lowest BCUT2D eigenvalue weighted by molar-refractivity contribution is -0.133. The van der Waals surface area contributed by atoms with E-state index in [1.807, 2.05) is 40.0 Å². The molecule has 1 aromatic carbocycles. The number of halogens is 2. The highest BCUT2D eigenvalue weighted by Gasteiger charge is 2.33. The Morgan fingerprint density at radius 3 is 2.78 bits per heavy atom. The molecule has 5 nitrogen and oxygen atoms in total. The van der Waals surface area contributed by atoms with Crippen molar-refractivity contribution in [1.82, 2.24) is 20.0 Å². The van der Waals surface area contributed by atoms with Crippen LogP contribution in [0, 0.1) is 0 Å². The number of carbonyl (C=O) groups is 1. The van der Waals surface area contributed by atoms with Crippen molar-refractivity contribution in [2.45, 2.75) is 50.7 Å². The number of nitrogens with one attached hydrogen (secondary N) is 1. The maximum absolute atomic E-state index is 13.0. The lowest BCUT2D eigenvalue weighted by atomic mass is 9.96. The molecule has 0 bridgehead atoms. The van der Waals surface area contributed by atoms with Crippen LogP contribution in [0.5, 0.6) is 0 Å². The van der Waals surface area contributed by atoms with Crippen molar-refractivity contribution in [1.29, 1.82) is 0 Å². The molecule has 2 fully saturated rings. The molecule has 27 heavy (non-hydrogen) atoms. The molecule has 1 saturated heterocycles. The summed E-state index contributed by atoms with van der Waals surface area (Å²) in [4.78, 5) is 15.0. The highest BCUT2D eigenvalue weighted by Crippen LogP contribution is 2.30. The number of hydrogen-bond donors (Lipinski definition) is 1. The summed E-state index contributed by atoms with van der Waals surface area (Å²) in [5, 5.41) is 8.60. The number of piperidine rings is 1. The molecule has 1 aliphatic heterocycles. The predicted octanol–water partition coefficient (Wildman–Crippen LogP) is 3.62. The molecule has 1 aliphatic carbocycles. The predicted molar refractivity (Wildman–Crippen MR) is 109 cm³/mol. The Morgan fingerprint density at radius 1 is 1.26 bits per heavy atom. The zero-order valence-corrected chi connectivity index (χ0v) is 16.9. The minimum atomic E-state index is 0. The molecule has 1 aromatic heterocycles. The van der Waals surface area contributed by atoms with Gasteiger partial charge in [-0.3, -0.25) is 9.48 Å². The number of aromatic nitrogens is 2. The Bertz CT molecular complexity index is 769. The molecule has 1 atom stereocenters. The van der Waals surface area contributed by atoms with Gasteiger partial charge < -0.3 is 10.2 Å². The van der Waals surface area contributed by atoms with Gasteiger partial charge in [0.05, 0.1) is 0 Å². The van der Waals surface area contributed by atoms with Crippen LogP contribution in [0.1, 0.15) is 42.9 Å². The topological polar surface area (TPSA) is 50.2 Å². The third-order valence-corrected chi connectivity index (χ3v) is 5.72. The van der Waals surface area contributed by atoms with E-state index in [0.717, 1.165) is 42.9 Å². The largest absolute Gasteiger partial charge is 0.334 e. The fraction of sp³-hybridized carbons (Fsp3) is 0.500. The third kappa shape index (κ3) is 4.84. The van der Waals surface area contributed by atoms with Crippen molar-refractivity contribution in [2.24, 2.45) is 0 Å². The molecule has 0 spiro atoms. The lowest BCUT2D eigenvalue weighted by Crippen LogP contribution is -2.36. The second-order valence-electron chi connectivity index (χ2n) is 7.30. The van der Waals surface area contributed by atoms with Gasteiger partial charge in [0.2, 0.25) is 5.91 Å². The average Bonchev–Trinajstić information content (AvgIpc) is 3.40. The van der Waals surface area contributed by atoms with Gasteiger partial charge in [0.15, 0.2) is 0 Å². The smallest absolute Gasteiger partial charge is 0.244 e. The fourth-order valence-corrected chi connectivity index (χ4v) is 3.96. The molecular weight excluding hydrogens is 383 g/mol. The van der Waals surface area contributed by atoms with Crippen LogP contribution in [0.25, 0.3) is 0 Å². The SMILES string of the molecule is Cl.O=C(Cn1nccc1C1CCCNC1)N(Cc1ccccc1Cl)C1CC1. The standard InChI is InChI=1S/C20H25ClN4O.ClH/c21-18-6-2-1-4-16(18)13-24(17-7-8-17)20(26)14-25-19(9-11-23-25)15-5-3-10-22-12-15;/h1-2,4,6,9,11,15,17,22H,3,5,7-8,10,12-14H2;1H. The number of amides is 1. The van der Waals surface area contributed by atoms with Crippen molar-refractivity contribution >= 4 is 29.9 Å². The van der Waals surface area contributed by atoms with Crippen LogP contribution in [0.3, 0.4) is 0 Å². The number of hydrogen-bond acceptors (Lipinski definition) is 3. The van der Waals surface area contributed by atoms with Gasteiger partial charge >= 0.3 is 0 Å². The van der Waals surface area contributed by atoms with Gasteiger partial charge in [-0.2, -0.15) is 5.10 Å². The number of benzene rings is 1. The van der Waals surface area contributed by atoms with Crippen molar-refractivity contribution in [3.63, 3.8) is 0 Å². The summed E-state index contributed by atoms with van der Waals surface area (Å²) in [7, 11) is 0. The van der Waals surface area contributed by atoms with E-state index in [2.05, 4.69) is 16.5 Å². The Hall–Kier alpha value is -1.56. The molecular formula is C20H26Cl2N4O. The molecule has 146 valence electrons. The average molecular weight is 409 g/mol. The van der Waals surface area contributed by atoms with Gasteiger partial charge in [0.25, 0.3) is 0 Å². The molecule has 2 heterocycles.